The molecule has 0 spiro atoms. The molecule has 0 unspecified atom stereocenters. The van der Waals surface area contributed by atoms with E-state index >= 15 is 0 Å². The number of rotatable bonds is 5. The van der Waals surface area contributed by atoms with Gasteiger partial charge in [-0.3, -0.25) is 14.7 Å². The Bertz CT molecular complexity index is 1120. The van der Waals surface area contributed by atoms with Crippen molar-refractivity contribution in [3.05, 3.63) is 81.3 Å². The third-order valence-electron chi connectivity index (χ3n) is 3.69. The minimum absolute atomic E-state index is 0.0191. The Labute approximate surface area is 159 Å². The van der Waals surface area contributed by atoms with Gasteiger partial charge in [0, 0.05) is 11.3 Å². The van der Waals surface area contributed by atoms with Crippen LogP contribution in [-0.2, 0) is 6.18 Å². The van der Waals surface area contributed by atoms with Crippen LogP contribution in [0.25, 0.3) is 5.69 Å². The summed E-state index contributed by atoms with van der Waals surface area (Å²) in [6.45, 7) is 9.69. The highest BCUT2D eigenvalue weighted by Crippen LogP contribution is 2.33. The van der Waals surface area contributed by atoms with Gasteiger partial charge in [-0.1, -0.05) is 24.8 Å². The summed E-state index contributed by atoms with van der Waals surface area (Å²) in [5, 5.41) is 2.09. The number of aromatic amines is 1. The molecule has 2 aromatic rings. The van der Waals surface area contributed by atoms with Gasteiger partial charge in [-0.05, 0) is 19.9 Å². The molecular formula is C18H13F6N3O2. The van der Waals surface area contributed by atoms with Crippen molar-refractivity contribution in [1.29, 1.82) is 0 Å². The maximum atomic E-state index is 14.3. The molecule has 29 heavy (non-hydrogen) atoms. The van der Waals surface area contributed by atoms with Crippen molar-refractivity contribution in [2.24, 2.45) is 0 Å². The molecule has 0 aliphatic heterocycles. The quantitative estimate of drug-likeness (QED) is 0.261. The molecule has 2 aromatic heterocycles. The standard InChI is InChI=1S/C18H13F6N3O2/c1-5-9(6-7(2)3)14(28)10-8(4)26-27(17(10)29)13-11(19)15(18(22,23)24)25-16(21)12(13)20/h5-6,26H,1-2H2,3-4H3/b9-6+. The number of allylic oxidation sites excluding steroid dienone is 4. The monoisotopic (exact) mass is 417 g/mol. The van der Waals surface area contributed by atoms with Gasteiger partial charge in [-0.2, -0.15) is 22.0 Å². The van der Waals surface area contributed by atoms with Gasteiger partial charge in [-0.15, -0.1) is 0 Å². The molecular weight excluding hydrogens is 404 g/mol. The number of aryl methyl sites for hydroxylation is 1. The zero-order valence-electron chi connectivity index (χ0n) is 15.0. The first-order valence-corrected chi connectivity index (χ1v) is 7.79. The van der Waals surface area contributed by atoms with Gasteiger partial charge < -0.3 is 0 Å². The number of pyridine rings is 1. The van der Waals surface area contributed by atoms with Crippen LogP contribution >= 0.6 is 0 Å². The number of hydrogen-bond donors (Lipinski definition) is 1. The molecule has 0 saturated heterocycles. The normalized spacial score (nSPS) is 12.2. The molecule has 2 heterocycles. The average Bonchev–Trinajstić information content (AvgIpc) is 2.88. The van der Waals surface area contributed by atoms with Crippen LogP contribution in [-0.4, -0.2) is 20.5 Å². The predicted molar refractivity (Wildman–Crippen MR) is 91.2 cm³/mol. The topological polar surface area (TPSA) is 67.8 Å². The molecule has 0 fully saturated rings. The number of H-pyrrole nitrogens is 1. The van der Waals surface area contributed by atoms with E-state index in [2.05, 4.69) is 23.2 Å². The van der Waals surface area contributed by atoms with E-state index in [0.29, 0.717) is 5.57 Å². The summed E-state index contributed by atoms with van der Waals surface area (Å²) < 4.78 is 80.6. The Balaban J connectivity index is 2.82. The number of nitrogens with zero attached hydrogens (tertiary/aromatic N) is 2. The highest BCUT2D eigenvalue weighted by atomic mass is 19.4. The first-order chi connectivity index (χ1) is 13.3. The summed E-state index contributed by atoms with van der Waals surface area (Å²) in [5.74, 6) is -7.65. The van der Waals surface area contributed by atoms with Crippen molar-refractivity contribution in [3.8, 4) is 5.69 Å². The van der Waals surface area contributed by atoms with Crippen LogP contribution in [0.4, 0.5) is 26.3 Å². The molecule has 0 radical (unpaired) electrons. The molecule has 0 atom stereocenters. The number of carbonyl (C=O) groups is 1. The van der Waals surface area contributed by atoms with E-state index in [-0.39, 0.29) is 15.9 Å². The Hall–Kier alpha value is -3.37. The number of nitrogens with one attached hydrogen (secondary N) is 1. The number of aromatic nitrogens is 3. The van der Waals surface area contributed by atoms with E-state index in [9.17, 15) is 35.9 Å². The van der Waals surface area contributed by atoms with E-state index in [1.54, 1.807) is 6.92 Å². The van der Waals surface area contributed by atoms with Gasteiger partial charge in [0.1, 0.15) is 11.3 Å². The third kappa shape index (κ3) is 3.93. The lowest BCUT2D eigenvalue weighted by molar-refractivity contribution is -0.144. The van der Waals surface area contributed by atoms with Gasteiger partial charge in [-0.25, -0.2) is 14.1 Å². The summed E-state index contributed by atoms with van der Waals surface area (Å²) >= 11 is 0. The molecule has 2 rings (SSSR count). The Morgan fingerprint density at radius 3 is 2.28 bits per heavy atom. The molecule has 0 aromatic carbocycles. The fourth-order valence-corrected chi connectivity index (χ4v) is 2.49. The summed E-state index contributed by atoms with van der Waals surface area (Å²) in [6.07, 6.45) is -3.08. The van der Waals surface area contributed by atoms with Crippen molar-refractivity contribution < 1.29 is 31.1 Å². The smallest absolute Gasteiger partial charge is 0.294 e. The Morgan fingerprint density at radius 2 is 1.79 bits per heavy atom. The summed E-state index contributed by atoms with van der Waals surface area (Å²) in [7, 11) is 0. The molecule has 1 N–H and O–H groups in total. The zero-order valence-corrected chi connectivity index (χ0v) is 15.0. The fourth-order valence-electron chi connectivity index (χ4n) is 2.49. The molecule has 5 nitrogen and oxygen atoms in total. The molecule has 0 aliphatic rings. The van der Waals surface area contributed by atoms with E-state index in [1.807, 2.05) is 0 Å². The second-order valence-corrected chi connectivity index (χ2v) is 5.96. The lowest BCUT2D eigenvalue weighted by Crippen LogP contribution is -2.25. The number of ketones is 1. The van der Waals surface area contributed by atoms with Crippen LogP contribution < -0.4 is 5.56 Å². The summed E-state index contributed by atoms with van der Waals surface area (Å²) in [6, 6.07) is 0. The van der Waals surface area contributed by atoms with Crippen LogP contribution in [0.5, 0.6) is 0 Å². The fraction of sp³-hybridized carbons (Fsp3) is 0.167. The van der Waals surface area contributed by atoms with Crippen molar-refractivity contribution >= 4 is 5.78 Å². The van der Waals surface area contributed by atoms with Crippen LogP contribution in [0, 0.1) is 24.5 Å². The van der Waals surface area contributed by atoms with Crippen LogP contribution in [0.1, 0.15) is 28.7 Å². The van der Waals surface area contributed by atoms with E-state index < -0.39 is 52.0 Å². The van der Waals surface area contributed by atoms with Gasteiger partial charge in [0.25, 0.3) is 11.5 Å². The van der Waals surface area contributed by atoms with E-state index in [1.165, 1.54) is 13.0 Å². The number of carbonyl (C=O) groups excluding carboxylic acids is 1. The van der Waals surface area contributed by atoms with Gasteiger partial charge >= 0.3 is 6.18 Å². The van der Waals surface area contributed by atoms with Crippen molar-refractivity contribution in [3.63, 3.8) is 0 Å². The molecule has 0 aliphatic carbocycles. The summed E-state index contributed by atoms with van der Waals surface area (Å²) in [4.78, 5) is 27.4. The molecule has 0 saturated carbocycles. The maximum Gasteiger partial charge on any atom is 0.436 e. The average molecular weight is 417 g/mol. The zero-order chi connectivity index (χ0) is 22.3. The molecule has 11 heteroatoms. The van der Waals surface area contributed by atoms with Gasteiger partial charge in [0.2, 0.25) is 5.82 Å². The first-order valence-electron chi connectivity index (χ1n) is 7.79. The second-order valence-electron chi connectivity index (χ2n) is 5.96. The van der Waals surface area contributed by atoms with Crippen LogP contribution in [0.2, 0.25) is 0 Å². The van der Waals surface area contributed by atoms with Crippen molar-refractivity contribution in [1.82, 2.24) is 14.8 Å². The number of alkyl halides is 3. The number of Topliss-reactive ketones (excluding diaryl/α,β-unsaturated/α-hetero) is 1. The molecule has 0 bridgehead atoms. The maximum absolute atomic E-state index is 14.3. The summed E-state index contributed by atoms with van der Waals surface area (Å²) in [5.41, 5.74) is -5.94. The second kappa shape index (κ2) is 7.57. The lowest BCUT2D eigenvalue weighted by Gasteiger charge is -2.12. The van der Waals surface area contributed by atoms with E-state index in [0.717, 1.165) is 6.08 Å². The highest BCUT2D eigenvalue weighted by molar-refractivity contribution is 6.11. The van der Waals surface area contributed by atoms with Crippen molar-refractivity contribution in [2.75, 3.05) is 0 Å². The van der Waals surface area contributed by atoms with Crippen LogP contribution in [0.15, 0.2) is 41.3 Å². The largest absolute Gasteiger partial charge is 0.436 e. The lowest BCUT2D eigenvalue weighted by atomic mass is 10.0. The van der Waals surface area contributed by atoms with Crippen molar-refractivity contribution in [2.45, 2.75) is 20.0 Å². The Morgan fingerprint density at radius 1 is 1.21 bits per heavy atom. The van der Waals surface area contributed by atoms with Gasteiger partial charge in [0.15, 0.2) is 17.3 Å². The third-order valence-corrected chi connectivity index (χ3v) is 3.69. The van der Waals surface area contributed by atoms with Crippen LogP contribution in [0.3, 0.4) is 0 Å². The SMILES string of the molecule is C=C/C(=C\C(=C)C)C(=O)c1c(C)[nH]n(-c2c(F)c(F)nc(C(F)(F)F)c2F)c1=O. The molecule has 0 amide bonds. The minimum atomic E-state index is -5.46. The number of halogens is 6. The predicted octanol–water partition coefficient (Wildman–Crippen LogP) is 4.18. The highest BCUT2D eigenvalue weighted by Gasteiger charge is 2.40. The van der Waals surface area contributed by atoms with E-state index in [4.69, 9.17) is 0 Å². The Kier molecular flexibility index (Phi) is 5.72. The first kappa shape index (κ1) is 21.9. The number of hydrogen-bond acceptors (Lipinski definition) is 3. The van der Waals surface area contributed by atoms with Gasteiger partial charge in [0.05, 0.1) is 0 Å². The molecule has 154 valence electrons. The minimum Gasteiger partial charge on any atom is -0.294 e.